The van der Waals surface area contributed by atoms with Crippen molar-refractivity contribution in [2.45, 2.75) is 20.8 Å². The van der Waals surface area contributed by atoms with Crippen LogP contribution in [0.25, 0.3) is 0 Å². The minimum atomic E-state index is -3.39. The molecule has 0 atom stereocenters. The third-order valence-corrected chi connectivity index (χ3v) is 5.17. The number of nitro groups is 1. The molecule has 0 heterocycles. The van der Waals surface area contributed by atoms with Crippen LogP contribution < -0.4 is 10.0 Å². The molecule has 2 aromatic rings. The predicted octanol–water partition coefficient (Wildman–Crippen LogP) is 3.23. The number of aryl methyl sites for hydroxylation is 1. The highest BCUT2D eigenvalue weighted by molar-refractivity contribution is 7.92. The van der Waals surface area contributed by atoms with E-state index in [4.69, 9.17) is 0 Å². The number of anilines is 2. The fourth-order valence-electron chi connectivity index (χ4n) is 2.36. The number of carbonyl (C=O) groups excluding carboxylic acids is 1. The summed E-state index contributed by atoms with van der Waals surface area (Å²) >= 11 is 0. The van der Waals surface area contributed by atoms with E-state index in [1.165, 1.54) is 32.0 Å². The van der Waals surface area contributed by atoms with Gasteiger partial charge in [0.05, 0.1) is 16.4 Å². The normalized spacial score (nSPS) is 11.0. The van der Waals surface area contributed by atoms with Crippen LogP contribution in [-0.4, -0.2) is 25.0 Å². The van der Waals surface area contributed by atoms with Gasteiger partial charge in [0.2, 0.25) is 10.0 Å². The molecule has 0 aliphatic rings. The lowest BCUT2D eigenvalue weighted by molar-refractivity contribution is -0.385. The molecule has 0 saturated heterocycles. The van der Waals surface area contributed by atoms with E-state index in [0.29, 0.717) is 16.9 Å². The lowest BCUT2D eigenvalue weighted by atomic mass is 10.1. The lowest BCUT2D eigenvalue weighted by Crippen LogP contribution is -2.16. The van der Waals surface area contributed by atoms with Crippen LogP contribution >= 0.6 is 0 Å². The van der Waals surface area contributed by atoms with Crippen molar-refractivity contribution in [3.63, 3.8) is 0 Å². The zero-order valence-corrected chi connectivity index (χ0v) is 15.4. The molecular weight excluding hydrogens is 358 g/mol. The number of rotatable bonds is 6. The van der Waals surface area contributed by atoms with Gasteiger partial charge in [0.25, 0.3) is 11.6 Å². The van der Waals surface area contributed by atoms with E-state index in [1.54, 1.807) is 25.1 Å². The van der Waals surface area contributed by atoms with E-state index in [9.17, 15) is 23.3 Å². The second kappa shape index (κ2) is 7.52. The quantitative estimate of drug-likeness (QED) is 0.592. The molecule has 138 valence electrons. The van der Waals surface area contributed by atoms with Crippen LogP contribution in [0.15, 0.2) is 36.4 Å². The van der Waals surface area contributed by atoms with Gasteiger partial charge >= 0.3 is 0 Å². The third kappa shape index (κ3) is 4.37. The van der Waals surface area contributed by atoms with E-state index in [0.717, 1.165) is 0 Å². The van der Waals surface area contributed by atoms with Gasteiger partial charge in [-0.2, -0.15) is 0 Å². The highest BCUT2D eigenvalue weighted by Crippen LogP contribution is 2.24. The summed E-state index contributed by atoms with van der Waals surface area (Å²) in [6.07, 6.45) is 0. The van der Waals surface area contributed by atoms with Crippen molar-refractivity contribution in [2.24, 2.45) is 0 Å². The number of hydrogen-bond donors (Lipinski definition) is 2. The maximum atomic E-state index is 12.4. The zero-order valence-electron chi connectivity index (χ0n) is 14.6. The maximum Gasteiger partial charge on any atom is 0.273 e. The van der Waals surface area contributed by atoms with Crippen LogP contribution in [0.2, 0.25) is 0 Å². The maximum absolute atomic E-state index is 12.4. The van der Waals surface area contributed by atoms with Gasteiger partial charge in [-0.15, -0.1) is 0 Å². The standard InChI is InChI=1S/C17H19N3O5S/c1-4-26(24,25)19-15-9-8-13(10-11(15)2)18-17(21)14-6-5-7-16(12(14)3)20(22)23/h5-10,19H,4H2,1-3H3,(H,18,21). The summed E-state index contributed by atoms with van der Waals surface area (Å²) in [5.41, 5.74) is 1.87. The molecular formula is C17H19N3O5S. The first-order valence-corrected chi connectivity index (χ1v) is 9.46. The Hall–Kier alpha value is -2.94. The Kier molecular flexibility index (Phi) is 5.61. The molecule has 0 radical (unpaired) electrons. The summed E-state index contributed by atoms with van der Waals surface area (Å²) < 4.78 is 25.8. The topological polar surface area (TPSA) is 118 Å². The molecule has 0 aliphatic carbocycles. The van der Waals surface area contributed by atoms with Crippen LogP contribution in [0.3, 0.4) is 0 Å². The fourth-order valence-corrected chi connectivity index (χ4v) is 3.07. The van der Waals surface area contributed by atoms with Crippen molar-refractivity contribution in [1.29, 1.82) is 0 Å². The smallest absolute Gasteiger partial charge is 0.273 e. The zero-order chi connectivity index (χ0) is 19.5. The molecule has 2 rings (SSSR count). The number of nitrogens with zero attached hydrogens (tertiary/aromatic N) is 1. The summed E-state index contributed by atoms with van der Waals surface area (Å²) in [7, 11) is -3.39. The van der Waals surface area contributed by atoms with Crippen LogP contribution in [0, 0.1) is 24.0 Å². The molecule has 1 amide bonds. The highest BCUT2D eigenvalue weighted by atomic mass is 32.2. The summed E-state index contributed by atoms with van der Waals surface area (Å²) in [5, 5.41) is 13.7. The Labute approximate surface area is 151 Å². The fraction of sp³-hybridized carbons (Fsp3) is 0.235. The molecule has 8 nitrogen and oxygen atoms in total. The van der Waals surface area contributed by atoms with Crippen LogP contribution in [0.5, 0.6) is 0 Å². The monoisotopic (exact) mass is 377 g/mol. The molecule has 0 aromatic heterocycles. The number of hydrogen-bond acceptors (Lipinski definition) is 5. The molecule has 0 bridgehead atoms. The number of carbonyl (C=O) groups is 1. The van der Waals surface area contributed by atoms with Gasteiger partial charge in [-0.05, 0) is 50.6 Å². The van der Waals surface area contributed by atoms with Gasteiger partial charge in [0.15, 0.2) is 0 Å². The first-order valence-electron chi connectivity index (χ1n) is 7.81. The Morgan fingerprint density at radius 3 is 2.46 bits per heavy atom. The Balaban J connectivity index is 2.24. The third-order valence-electron chi connectivity index (χ3n) is 3.88. The highest BCUT2D eigenvalue weighted by Gasteiger charge is 2.18. The number of nitro benzene ring substituents is 1. The second-order valence-electron chi connectivity index (χ2n) is 5.70. The molecule has 2 aromatic carbocycles. The molecule has 0 aliphatic heterocycles. The van der Waals surface area contributed by atoms with E-state index < -0.39 is 20.9 Å². The molecule has 2 N–H and O–H groups in total. The van der Waals surface area contributed by atoms with E-state index >= 15 is 0 Å². The summed E-state index contributed by atoms with van der Waals surface area (Å²) in [4.78, 5) is 22.9. The lowest BCUT2D eigenvalue weighted by Gasteiger charge is -2.12. The SMILES string of the molecule is CCS(=O)(=O)Nc1ccc(NC(=O)c2cccc([N+](=O)[O-])c2C)cc1C. The number of nitrogens with one attached hydrogen (secondary N) is 2. The Morgan fingerprint density at radius 1 is 1.19 bits per heavy atom. The summed E-state index contributed by atoms with van der Waals surface area (Å²) in [6, 6.07) is 9.04. The summed E-state index contributed by atoms with van der Waals surface area (Å²) in [5.74, 6) is -0.524. The Bertz CT molecular complexity index is 970. The second-order valence-corrected chi connectivity index (χ2v) is 7.71. The van der Waals surface area contributed by atoms with Gasteiger partial charge in [-0.25, -0.2) is 8.42 Å². The molecule has 0 unspecified atom stereocenters. The van der Waals surface area contributed by atoms with Crippen LogP contribution in [-0.2, 0) is 10.0 Å². The number of amides is 1. The van der Waals surface area contributed by atoms with Gasteiger partial charge in [-0.3, -0.25) is 19.6 Å². The average Bonchev–Trinajstić information content (AvgIpc) is 2.57. The van der Waals surface area contributed by atoms with Gasteiger partial charge in [0.1, 0.15) is 0 Å². The minimum absolute atomic E-state index is 0.0447. The molecule has 9 heteroatoms. The number of sulfonamides is 1. The van der Waals surface area contributed by atoms with E-state index in [1.807, 2.05) is 0 Å². The van der Waals surface area contributed by atoms with Gasteiger partial charge < -0.3 is 5.32 Å². The molecule has 0 saturated carbocycles. The van der Waals surface area contributed by atoms with Crippen molar-refractivity contribution in [3.05, 3.63) is 63.2 Å². The molecule has 26 heavy (non-hydrogen) atoms. The van der Waals surface area contributed by atoms with Crippen molar-refractivity contribution in [2.75, 3.05) is 15.8 Å². The first kappa shape index (κ1) is 19.4. The largest absolute Gasteiger partial charge is 0.322 e. The van der Waals surface area contributed by atoms with Crippen molar-refractivity contribution in [3.8, 4) is 0 Å². The van der Waals surface area contributed by atoms with Crippen LogP contribution in [0.4, 0.5) is 17.1 Å². The van der Waals surface area contributed by atoms with Gasteiger partial charge in [0, 0.05) is 22.9 Å². The van der Waals surface area contributed by atoms with Crippen molar-refractivity contribution < 1.29 is 18.1 Å². The van der Waals surface area contributed by atoms with Crippen molar-refractivity contribution >= 4 is 33.0 Å². The average molecular weight is 377 g/mol. The molecule has 0 fully saturated rings. The first-order chi connectivity index (χ1) is 12.1. The van der Waals surface area contributed by atoms with Gasteiger partial charge in [-0.1, -0.05) is 6.07 Å². The van der Waals surface area contributed by atoms with Crippen LogP contribution in [0.1, 0.15) is 28.4 Å². The summed E-state index contributed by atoms with van der Waals surface area (Å²) in [6.45, 7) is 4.76. The number of benzene rings is 2. The predicted molar refractivity (Wildman–Crippen MR) is 100 cm³/mol. The molecule has 0 spiro atoms. The minimum Gasteiger partial charge on any atom is -0.322 e. The Morgan fingerprint density at radius 2 is 1.88 bits per heavy atom. The van der Waals surface area contributed by atoms with E-state index in [2.05, 4.69) is 10.0 Å². The van der Waals surface area contributed by atoms with Crippen molar-refractivity contribution in [1.82, 2.24) is 0 Å². The van der Waals surface area contributed by atoms with E-state index in [-0.39, 0.29) is 22.6 Å².